The van der Waals surface area contributed by atoms with E-state index in [0.29, 0.717) is 10.9 Å². The Morgan fingerprint density at radius 3 is 2.88 bits per heavy atom. The van der Waals surface area contributed by atoms with Crippen molar-refractivity contribution >= 4 is 34.1 Å². The molecule has 0 aliphatic rings. The Hall–Kier alpha value is -2.12. The summed E-state index contributed by atoms with van der Waals surface area (Å²) in [4.78, 5) is 20.8. The molecule has 0 bridgehead atoms. The molecule has 1 N–H and O–H groups in total. The summed E-state index contributed by atoms with van der Waals surface area (Å²) < 4.78 is 2.01. The van der Waals surface area contributed by atoms with Gasteiger partial charge in [-0.25, -0.2) is 9.97 Å². The Morgan fingerprint density at radius 2 is 2.12 bits per heavy atom. The van der Waals surface area contributed by atoms with Crippen molar-refractivity contribution in [1.29, 1.82) is 0 Å². The highest BCUT2D eigenvalue weighted by molar-refractivity contribution is 7.99. The highest BCUT2D eigenvalue weighted by Crippen LogP contribution is 2.25. The second kappa shape index (κ2) is 7.63. The van der Waals surface area contributed by atoms with E-state index in [2.05, 4.69) is 34.3 Å². The van der Waals surface area contributed by atoms with Gasteiger partial charge in [-0.05, 0) is 13.8 Å². The van der Waals surface area contributed by atoms with Gasteiger partial charge in [0.25, 0.3) is 0 Å². The zero-order valence-electron chi connectivity index (χ0n) is 13.5. The van der Waals surface area contributed by atoms with E-state index in [4.69, 9.17) is 0 Å². The first kappa shape index (κ1) is 16.7. The fraction of sp³-hybridized carbons (Fsp3) is 0.235. The van der Waals surface area contributed by atoms with Crippen molar-refractivity contribution in [2.45, 2.75) is 25.5 Å². The molecular weight excluding hydrogens is 340 g/mol. The van der Waals surface area contributed by atoms with Crippen LogP contribution in [-0.2, 0) is 11.3 Å². The number of anilines is 1. The Kier molecular flexibility index (Phi) is 5.32. The lowest BCUT2D eigenvalue weighted by atomic mass is 10.1. The Bertz CT molecular complexity index is 823. The molecular formula is C17H18N4OS2. The van der Waals surface area contributed by atoms with E-state index in [-0.39, 0.29) is 5.91 Å². The number of hydrogen-bond acceptors (Lipinski definition) is 5. The average molecular weight is 358 g/mol. The first-order valence-electron chi connectivity index (χ1n) is 7.62. The van der Waals surface area contributed by atoms with Gasteiger partial charge in [0.2, 0.25) is 5.91 Å². The number of rotatable bonds is 6. The molecule has 5 nitrogen and oxygen atoms in total. The number of thioether (sulfide) groups is 1. The summed E-state index contributed by atoms with van der Waals surface area (Å²) in [6, 6.07) is 8.19. The zero-order valence-corrected chi connectivity index (χ0v) is 15.2. The fourth-order valence-corrected chi connectivity index (χ4v) is 3.71. The van der Waals surface area contributed by atoms with Gasteiger partial charge in [0.1, 0.15) is 0 Å². The number of aromatic nitrogens is 3. The summed E-state index contributed by atoms with van der Waals surface area (Å²) >= 11 is 2.86. The van der Waals surface area contributed by atoms with Gasteiger partial charge in [-0.1, -0.05) is 41.6 Å². The normalized spacial score (nSPS) is 10.8. The predicted octanol–water partition coefficient (Wildman–Crippen LogP) is 4.07. The van der Waals surface area contributed by atoms with Crippen LogP contribution in [0.3, 0.4) is 0 Å². The molecule has 0 fully saturated rings. The van der Waals surface area contributed by atoms with Crippen LogP contribution in [0, 0.1) is 6.92 Å². The third-order valence-corrected chi connectivity index (χ3v) is 5.21. The van der Waals surface area contributed by atoms with Crippen LogP contribution in [0.15, 0.2) is 47.2 Å². The predicted molar refractivity (Wildman–Crippen MR) is 99.5 cm³/mol. The number of nitrogens with zero attached hydrogens (tertiary/aromatic N) is 3. The number of imidazole rings is 1. The average Bonchev–Trinajstić information content (AvgIpc) is 3.22. The standard InChI is InChI=1S/C17H18N4OS2/c1-3-21-9-8-18-17(21)24-11-15(22)20-16-19-14(10-23-16)13-6-4-12(2)5-7-13/h4-10H,3,11H2,1-2H3,(H,19,20,22). The van der Waals surface area contributed by atoms with E-state index in [1.807, 2.05) is 35.2 Å². The Balaban J connectivity index is 1.58. The van der Waals surface area contributed by atoms with E-state index in [0.717, 1.165) is 23.0 Å². The highest BCUT2D eigenvalue weighted by Gasteiger charge is 2.10. The summed E-state index contributed by atoms with van der Waals surface area (Å²) in [6.45, 7) is 4.95. The molecule has 1 amide bonds. The molecule has 3 aromatic rings. The molecule has 2 aromatic heterocycles. The van der Waals surface area contributed by atoms with Crippen LogP contribution in [0.2, 0.25) is 0 Å². The van der Waals surface area contributed by atoms with Crippen molar-refractivity contribution < 1.29 is 4.79 Å². The molecule has 0 aliphatic heterocycles. The summed E-state index contributed by atoms with van der Waals surface area (Å²) in [5, 5.41) is 6.28. The van der Waals surface area contributed by atoms with Crippen molar-refractivity contribution in [3.05, 3.63) is 47.6 Å². The largest absolute Gasteiger partial charge is 0.326 e. The molecule has 0 unspecified atom stereocenters. The first-order valence-corrected chi connectivity index (χ1v) is 9.48. The number of amides is 1. The molecule has 1 aromatic carbocycles. The van der Waals surface area contributed by atoms with Crippen LogP contribution in [0.4, 0.5) is 5.13 Å². The lowest BCUT2D eigenvalue weighted by Gasteiger charge is -2.04. The maximum atomic E-state index is 12.1. The summed E-state index contributed by atoms with van der Waals surface area (Å²) in [5.74, 6) is 0.242. The molecule has 0 atom stereocenters. The van der Waals surface area contributed by atoms with Gasteiger partial charge in [0.15, 0.2) is 10.3 Å². The van der Waals surface area contributed by atoms with E-state index in [1.165, 1.54) is 28.7 Å². The summed E-state index contributed by atoms with van der Waals surface area (Å²) in [6.07, 6.45) is 3.66. The molecule has 124 valence electrons. The number of thiazole rings is 1. The topological polar surface area (TPSA) is 59.8 Å². The van der Waals surface area contributed by atoms with Crippen LogP contribution in [-0.4, -0.2) is 26.2 Å². The van der Waals surface area contributed by atoms with Crippen molar-refractivity contribution in [3.63, 3.8) is 0 Å². The van der Waals surface area contributed by atoms with Gasteiger partial charge < -0.3 is 9.88 Å². The van der Waals surface area contributed by atoms with Gasteiger partial charge in [-0.3, -0.25) is 4.79 Å². The minimum absolute atomic E-state index is 0.0736. The van der Waals surface area contributed by atoms with E-state index >= 15 is 0 Å². The lowest BCUT2D eigenvalue weighted by Crippen LogP contribution is -2.14. The number of carbonyl (C=O) groups excluding carboxylic acids is 1. The maximum absolute atomic E-state index is 12.1. The molecule has 24 heavy (non-hydrogen) atoms. The van der Waals surface area contributed by atoms with Crippen LogP contribution in [0.25, 0.3) is 11.3 Å². The van der Waals surface area contributed by atoms with Crippen molar-refractivity contribution in [3.8, 4) is 11.3 Å². The van der Waals surface area contributed by atoms with Gasteiger partial charge in [0.05, 0.1) is 11.4 Å². The number of benzene rings is 1. The number of carbonyl (C=O) groups is 1. The number of aryl methyl sites for hydroxylation is 2. The highest BCUT2D eigenvalue weighted by atomic mass is 32.2. The molecule has 0 saturated carbocycles. The van der Waals surface area contributed by atoms with Crippen LogP contribution < -0.4 is 5.32 Å². The number of nitrogens with one attached hydrogen (secondary N) is 1. The summed E-state index contributed by atoms with van der Waals surface area (Å²) in [7, 11) is 0. The molecule has 2 heterocycles. The molecule has 0 spiro atoms. The van der Waals surface area contributed by atoms with Crippen LogP contribution >= 0.6 is 23.1 Å². The maximum Gasteiger partial charge on any atom is 0.236 e. The third kappa shape index (κ3) is 4.04. The Morgan fingerprint density at radius 1 is 1.33 bits per heavy atom. The van der Waals surface area contributed by atoms with E-state index in [9.17, 15) is 4.79 Å². The van der Waals surface area contributed by atoms with Crippen molar-refractivity contribution in [2.24, 2.45) is 0 Å². The molecule has 0 radical (unpaired) electrons. The van der Waals surface area contributed by atoms with Gasteiger partial charge >= 0.3 is 0 Å². The quantitative estimate of drug-likeness (QED) is 0.675. The smallest absolute Gasteiger partial charge is 0.236 e. The zero-order chi connectivity index (χ0) is 16.9. The van der Waals surface area contributed by atoms with Crippen LogP contribution in [0.1, 0.15) is 12.5 Å². The number of hydrogen-bond donors (Lipinski definition) is 1. The van der Waals surface area contributed by atoms with E-state index < -0.39 is 0 Å². The minimum atomic E-state index is -0.0736. The molecule has 0 saturated heterocycles. The fourth-order valence-electron chi connectivity index (χ4n) is 2.15. The second-order valence-corrected chi connectivity index (χ2v) is 7.04. The first-order chi connectivity index (χ1) is 11.7. The molecule has 0 aliphatic carbocycles. The van der Waals surface area contributed by atoms with Gasteiger partial charge in [-0.15, -0.1) is 11.3 Å². The van der Waals surface area contributed by atoms with E-state index in [1.54, 1.807) is 6.20 Å². The van der Waals surface area contributed by atoms with Crippen molar-refractivity contribution in [1.82, 2.24) is 14.5 Å². The lowest BCUT2D eigenvalue weighted by molar-refractivity contribution is -0.113. The minimum Gasteiger partial charge on any atom is -0.326 e. The SMILES string of the molecule is CCn1ccnc1SCC(=O)Nc1nc(-c2ccc(C)cc2)cs1. The monoisotopic (exact) mass is 358 g/mol. The molecule has 3 rings (SSSR count). The van der Waals surface area contributed by atoms with Gasteiger partial charge in [0, 0.05) is 29.9 Å². The molecule has 7 heteroatoms. The second-order valence-electron chi connectivity index (χ2n) is 5.24. The Labute approximate surface area is 149 Å². The summed E-state index contributed by atoms with van der Waals surface area (Å²) in [5.41, 5.74) is 3.14. The third-order valence-electron chi connectivity index (χ3n) is 3.45. The van der Waals surface area contributed by atoms with Crippen LogP contribution in [0.5, 0.6) is 0 Å². The van der Waals surface area contributed by atoms with Gasteiger partial charge in [-0.2, -0.15) is 0 Å². The van der Waals surface area contributed by atoms with Crippen molar-refractivity contribution in [2.75, 3.05) is 11.1 Å².